The second kappa shape index (κ2) is 10.3. The SMILES string of the molecule is C#CC#CC(O)C(CCCCO[Si](C)(C)C(C)(C)C)O[Si](C)(C)C(C)(C)C. The standard InChI is InChI=1S/C22H42O3Si2/c1-12-13-16-19(23)20(25-27(10,11)22(5,6)7)17-14-15-18-24-26(8,9)21(2,3)4/h1,19-20,23H,14-15,17-18H2,2-11H3. The van der Waals surface area contributed by atoms with E-state index in [1.54, 1.807) is 0 Å². The van der Waals surface area contributed by atoms with Crippen LogP contribution < -0.4 is 0 Å². The third-order valence-electron chi connectivity index (χ3n) is 6.05. The van der Waals surface area contributed by atoms with Gasteiger partial charge in [0.1, 0.15) is 6.10 Å². The van der Waals surface area contributed by atoms with Crippen molar-refractivity contribution in [3.05, 3.63) is 0 Å². The first-order chi connectivity index (χ1) is 12.0. The molecule has 0 aliphatic heterocycles. The average molecular weight is 411 g/mol. The largest absolute Gasteiger partial charge is 0.417 e. The lowest BCUT2D eigenvalue weighted by molar-refractivity contribution is 0.0542. The van der Waals surface area contributed by atoms with E-state index in [0.717, 1.165) is 25.9 Å². The van der Waals surface area contributed by atoms with Crippen molar-refractivity contribution >= 4 is 16.6 Å². The molecular formula is C22H42O3Si2. The molecule has 0 saturated carbocycles. The van der Waals surface area contributed by atoms with Crippen molar-refractivity contribution in [3.63, 3.8) is 0 Å². The molecule has 0 aliphatic rings. The minimum absolute atomic E-state index is 0.0793. The normalized spacial score (nSPS) is 15.5. The molecule has 1 N–H and O–H groups in total. The number of aliphatic hydroxyl groups is 1. The maximum atomic E-state index is 10.5. The summed E-state index contributed by atoms with van der Waals surface area (Å²) in [6, 6.07) is 0. The summed E-state index contributed by atoms with van der Waals surface area (Å²) in [7, 11) is -3.70. The maximum Gasteiger partial charge on any atom is 0.192 e. The van der Waals surface area contributed by atoms with Crippen molar-refractivity contribution in [2.75, 3.05) is 6.61 Å². The van der Waals surface area contributed by atoms with Crippen molar-refractivity contribution < 1.29 is 14.0 Å². The van der Waals surface area contributed by atoms with Crippen molar-refractivity contribution in [1.29, 1.82) is 0 Å². The lowest BCUT2D eigenvalue weighted by atomic mass is 10.1. The van der Waals surface area contributed by atoms with E-state index in [0.29, 0.717) is 0 Å². The molecule has 0 saturated heterocycles. The summed E-state index contributed by atoms with van der Waals surface area (Å²) >= 11 is 0. The Hall–Kier alpha value is -0.566. The average Bonchev–Trinajstić information content (AvgIpc) is 2.48. The summed E-state index contributed by atoms with van der Waals surface area (Å²) < 4.78 is 12.7. The summed E-state index contributed by atoms with van der Waals surface area (Å²) in [5.74, 6) is 7.54. The van der Waals surface area contributed by atoms with Crippen LogP contribution in [0, 0.1) is 24.2 Å². The highest BCUT2D eigenvalue weighted by atomic mass is 28.4. The molecule has 0 bridgehead atoms. The molecule has 0 aromatic carbocycles. The highest BCUT2D eigenvalue weighted by molar-refractivity contribution is 6.74. The first-order valence-corrected chi connectivity index (χ1v) is 15.8. The van der Waals surface area contributed by atoms with Crippen molar-refractivity contribution in [3.8, 4) is 24.2 Å². The molecule has 0 heterocycles. The Bertz CT molecular complexity index is 551. The molecule has 0 aromatic rings. The van der Waals surface area contributed by atoms with E-state index >= 15 is 0 Å². The number of unbranched alkanes of at least 4 members (excludes halogenated alkanes) is 1. The molecule has 2 unspecified atom stereocenters. The number of hydrogen-bond donors (Lipinski definition) is 1. The molecular weight excluding hydrogens is 368 g/mol. The smallest absolute Gasteiger partial charge is 0.192 e. The van der Waals surface area contributed by atoms with Gasteiger partial charge in [-0.25, -0.2) is 0 Å². The molecule has 0 aliphatic carbocycles. The van der Waals surface area contributed by atoms with Crippen LogP contribution in [0.3, 0.4) is 0 Å². The van der Waals surface area contributed by atoms with Crippen LogP contribution in [-0.2, 0) is 8.85 Å². The van der Waals surface area contributed by atoms with Crippen molar-refractivity contribution in [2.24, 2.45) is 0 Å². The van der Waals surface area contributed by atoms with Gasteiger partial charge < -0.3 is 14.0 Å². The summed E-state index contributed by atoms with van der Waals surface area (Å²) in [6.07, 6.45) is 6.70. The highest BCUT2D eigenvalue weighted by Gasteiger charge is 2.40. The molecule has 2 atom stereocenters. The second-order valence-electron chi connectivity index (χ2n) is 10.4. The molecule has 0 rings (SSSR count). The van der Waals surface area contributed by atoms with Gasteiger partial charge in [0.15, 0.2) is 16.6 Å². The van der Waals surface area contributed by atoms with Crippen LogP contribution in [0.2, 0.25) is 36.3 Å². The van der Waals surface area contributed by atoms with E-state index < -0.39 is 22.7 Å². The summed E-state index contributed by atoms with van der Waals surface area (Å²) in [6.45, 7) is 23.0. The lowest BCUT2D eigenvalue weighted by Gasteiger charge is -2.40. The van der Waals surface area contributed by atoms with Gasteiger partial charge >= 0.3 is 0 Å². The number of rotatable bonds is 9. The van der Waals surface area contributed by atoms with E-state index in [1.807, 2.05) is 0 Å². The first kappa shape index (κ1) is 26.4. The van der Waals surface area contributed by atoms with Gasteiger partial charge in [0, 0.05) is 6.61 Å². The predicted octanol–water partition coefficient (Wildman–Crippen LogP) is 5.57. The maximum absolute atomic E-state index is 10.5. The Morgan fingerprint density at radius 2 is 1.44 bits per heavy atom. The Kier molecular flexibility index (Phi) is 10.1. The summed E-state index contributed by atoms with van der Waals surface area (Å²) in [4.78, 5) is 0. The minimum Gasteiger partial charge on any atom is -0.417 e. The molecule has 5 heteroatoms. The van der Waals surface area contributed by atoms with Crippen LogP contribution in [0.15, 0.2) is 0 Å². The number of aliphatic hydroxyl groups excluding tert-OH is 1. The van der Waals surface area contributed by atoms with Crippen molar-refractivity contribution in [1.82, 2.24) is 0 Å². The van der Waals surface area contributed by atoms with E-state index in [9.17, 15) is 5.11 Å². The highest BCUT2D eigenvalue weighted by Crippen LogP contribution is 2.38. The quantitative estimate of drug-likeness (QED) is 0.307. The Labute approximate surface area is 170 Å². The van der Waals surface area contributed by atoms with Gasteiger partial charge in [-0.2, -0.15) is 0 Å². The third-order valence-corrected chi connectivity index (χ3v) is 15.1. The molecule has 0 amide bonds. The van der Waals surface area contributed by atoms with Gasteiger partial charge in [0.05, 0.1) is 6.10 Å². The van der Waals surface area contributed by atoms with E-state index in [1.165, 1.54) is 0 Å². The predicted molar refractivity (Wildman–Crippen MR) is 122 cm³/mol. The van der Waals surface area contributed by atoms with Gasteiger partial charge in [-0.1, -0.05) is 47.5 Å². The van der Waals surface area contributed by atoms with Crippen LogP contribution in [0.25, 0.3) is 0 Å². The van der Waals surface area contributed by atoms with Gasteiger partial charge in [-0.3, -0.25) is 0 Å². The lowest BCUT2D eigenvalue weighted by Crippen LogP contribution is -2.47. The van der Waals surface area contributed by atoms with Crippen LogP contribution in [0.5, 0.6) is 0 Å². The Morgan fingerprint density at radius 1 is 0.926 bits per heavy atom. The Morgan fingerprint density at radius 3 is 1.89 bits per heavy atom. The van der Waals surface area contributed by atoms with E-state index in [-0.39, 0.29) is 16.2 Å². The van der Waals surface area contributed by atoms with Gasteiger partial charge in [-0.15, -0.1) is 6.42 Å². The zero-order valence-electron chi connectivity index (χ0n) is 19.3. The molecule has 3 nitrogen and oxygen atoms in total. The molecule has 0 radical (unpaired) electrons. The fourth-order valence-corrected chi connectivity index (χ4v) is 4.48. The van der Waals surface area contributed by atoms with E-state index in [2.05, 4.69) is 85.5 Å². The first-order valence-electron chi connectivity index (χ1n) is 10.0. The van der Waals surface area contributed by atoms with Crippen LogP contribution in [0.1, 0.15) is 60.8 Å². The molecule has 0 spiro atoms. The molecule has 0 aromatic heterocycles. The summed E-state index contributed by atoms with van der Waals surface area (Å²) in [5.41, 5.74) is 0. The fourth-order valence-electron chi connectivity index (χ4n) is 2.04. The molecule has 156 valence electrons. The topological polar surface area (TPSA) is 38.7 Å². The number of hydrogen-bond acceptors (Lipinski definition) is 3. The zero-order valence-corrected chi connectivity index (χ0v) is 21.3. The van der Waals surface area contributed by atoms with E-state index in [4.69, 9.17) is 15.3 Å². The van der Waals surface area contributed by atoms with Gasteiger partial charge in [0.2, 0.25) is 0 Å². The van der Waals surface area contributed by atoms with Crippen LogP contribution in [0.4, 0.5) is 0 Å². The Balaban J connectivity index is 4.83. The third kappa shape index (κ3) is 8.98. The van der Waals surface area contributed by atoms with Crippen LogP contribution in [-0.4, -0.2) is 40.6 Å². The molecule has 27 heavy (non-hydrogen) atoms. The van der Waals surface area contributed by atoms with Crippen LogP contribution >= 0.6 is 0 Å². The monoisotopic (exact) mass is 410 g/mol. The second-order valence-corrected chi connectivity index (χ2v) is 19.9. The summed E-state index contributed by atoms with van der Waals surface area (Å²) in [5, 5.41) is 10.8. The zero-order chi connectivity index (χ0) is 21.5. The minimum atomic E-state index is -2.00. The van der Waals surface area contributed by atoms with Crippen molar-refractivity contribution in [2.45, 2.75) is 109 Å². The van der Waals surface area contributed by atoms with Gasteiger partial charge in [0.25, 0.3) is 0 Å². The number of terminal acetylenes is 1. The molecule has 0 fully saturated rings. The van der Waals surface area contributed by atoms with Gasteiger partial charge in [-0.05, 0) is 67.4 Å². The fraction of sp³-hybridized carbons (Fsp3) is 0.818.